The summed E-state index contributed by atoms with van der Waals surface area (Å²) in [4.78, 5) is 0. The van der Waals surface area contributed by atoms with E-state index in [1.807, 2.05) is 0 Å². The average Bonchev–Trinajstić information content (AvgIpc) is 2.14. The largest absolute Gasteiger partial charge is 0.395 e. The van der Waals surface area contributed by atoms with Crippen LogP contribution in [0.3, 0.4) is 0 Å². The van der Waals surface area contributed by atoms with Crippen LogP contribution in [-0.2, 0) is 6.54 Å². The van der Waals surface area contributed by atoms with Crippen LogP contribution >= 0.6 is 15.9 Å². The van der Waals surface area contributed by atoms with E-state index in [2.05, 4.69) is 21.2 Å². The normalized spacial score (nSPS) is 10.6. The molecule has 0 radical (unpaired) electrons. The molecule has 0 fully saturated rings. The first-order valence-electron chi connectivity index (χ1n) is 4.10. The van der Waals surface area contributed by atoms with E-state index in [0.717, 1.165) is 12.1 Å². The van der Waals surface area contributed by atoms with Gasteiger partial charge >= 0.3 is 0 Å². The Labute approximate surface area is 89.1 Å². The van der Waals surface area contributed by atoms with E-state index < -0.39 is 11.6 Å². The van der Waals surface area contributed by atoms with Crippen molar-refractivity contribution in [1.82, 2.24) is 5.32 Å². The van der Waals surface area contributed by atoms with Gasteiger partial charge in [0.2, 0.25) is 0 Å². The SMILES string of the molecule is OCCNCc1cc(F)c(Br)cc1F. The molecule has 0 heterocycles. The molecule has 0 aliphatic rings. The number of aliphatic hydroxyl groups excluding tert-OH is 1. The Kier molecular flexibility index (Phi) is 4.44. The predicted octanol–water partition coefficient (Wildman–Crippen LogP) is 1.81. The maximum absolute atomic E-state index is 13.2. The lowest BCUT2D eigenvalue weighted by molar-refractivity contribution is 0.291. The molecule has 0 aliphatic heterocycles. The molecule has 0 amide bonds. The number of hydrogen-bond donors (Lipinski definition) is 2. The van der Waals surface area contributed by atoms with Crippen molar-refractivity contribution >= 4 is 15.9 Å². The van der Waals surface area contributed by atoms with Crippen molar-refractivity contribution in [3.63, 3.8) is 0 Å². The average molecular weight is 266 g/mol. The van der Waals surface area contributed by atoms with E-state index >= 15 is 0 Å². The minimum Gasteiger partial charge on any atom is -0.395 e. The molecule has 0 saturated heterocycles. The molecule has 78 valence electrons. The van der Waals surface area contributed by atoms with Crippen LogP contribution < -0.4 is 5.32 Å². The molecular formula is C9H10BrF2NO. The lowest BCUT2D eigenvalue weighted by Crippen LogP contribution is -2.18. The topological polar surface area (TPSA) is 32.3 Å². The predicted molar refractivity (Wildman–Crippen MR) is 52.9 cm³/mol. The third-order valence-electron chi connectivity index (χ3n) is 1.69. The minimum absolute atomic E-state index is 0.0272. The fraction of sp³-hybridized carbons (Fsp3) is 0.333. The Morgan fingerprint density at radius 1 is 1.29 bits per heavy atom. The van der Waals surface area contributed by atoms with Gasteiger partial charge in [0.05, 0.1) is 11.1 Å². The van der Waals surface area contributed by atoms with Crippen LogP contribution in [0.15, 0.2) is 16.6 Å². The summed E-state index contributed by atoms with van der Waals surface area (Å²) >= 11 is 2.89. The molecule has 0 atom stereocenters. The van der Waals surface area contributed by atoms with Crippen molar-refractivity contribution in [1.29, 1.82) is 0 Å². The Balaban J connectivity index is 2.72. The Morgan fingerprint density at radius 3 is 2.64 bits per heavy atom. The summed E-state index contributed by atoms with van der Waals surface area (Å²) in [7, 11) is 0. The van der Waals surface area contributed by atoms with Crippen LogP contribution in [0.5, 0.6) is 0 Å². The van der Waals surface area contributed by atoms with E-state index in [9.17, 15) is 8.78 Å². The van der Waals surface area contributed by atoms with Gasteiger partial charge in [0.25, 0.3) is 0 Å². The van der Waals surface area contributed by atoms with Gasteiger partial charge in [0.1, 0.15) is 11.6 Å². The molecule has 1 aromatic carbocycles. The first-order chi connectivity index (χ1) is 6.65. The number of rotatable bonds is 4. The third-order valence-corrected chi connectivity index (χ3v) is 2.30. The van der Waals surface area contributed by atoms with Crippen molar-refractivity contribution in [3.8, 4) is 0 Å². The van der Waals surface area contributed by atoms with E-state index in [-0.39, 0.29) is 23.2 Å². The molecule has 14 heavy (non-hydrogen) atoms. The van der Waals surface area contributed by atoms with Gasteiger partial charge in [0, 0.05) is 18.7 Å². The molecule has 0 bridgehead atoms. The zero-order valence-electron chi connectivity index (χ0n) is 7.36. The molecule has 2 nitrogen and oxygen atoms in total. The van der Waals surface area contributed by atoms with Gasteiger partial charge in [-0.05, 0) is 28.1 Å². The highest BCUT2D eigenvalue weighted by Gasteiger charge is 2.07. The van der Waals surface area contributed by atoms with Gasteiger partial charge < -0.3 is 10.4 Å². The van der Waals surface area contributed by atoms with E-state index in [1.165, 1.54) is 0 Å². The molecular weight excluding hydrogens is 256 g/mol. The second-order valence-corrected chi connectivity index (χ2v) is 3.61. The van der Waals surface area contributed by atoms with Crippen LogP contribution in [0.4, 0.5) is 8.78 Å². The number of aliphatic hydroxyl groups is 1. The monoisotopic (exact) mass is 265 g/mol. The molecule has 0 saturated carbocycles. The minimum atomic E-state index is -0.493. The number of halogens is 3. The van der Waals surface area contributed by atoms with Gasteiger partial charge in [-0.25, -0.2) is 8.78 Å². The fourth-order valence-corrected chi connectivity index (χ4v) is 1.32. The molecule has 0 spiro atoms. The summed E-state index contributed by atoms with van der Waals surface area (Å²) in [6.07, 6.45) is 0. The summed E-state index contributed by atoms with van der Waals surface area (Å²) in [5, 5.41) is 11.2. The maximum Gasteiger partial charge on any atom is 0.137 e. The number of nitrogens with one attached hydrogen (secondary N) is 1. The van der Waals surface area contributed by atoms with Gasteiger partial charge in [-0.3, -0.25) is 0 Å². The molecule has 2 N–H and O–H groups in total. The lowest BCUT2D eigenvalue weighted by atomic mass is 10.2. The lowest BCUT2D eigenvalue weighted by Gasteiger charge is -2.05. The molecule has 5 heteroatoms. The zero-order valence-corrected chi connectivity index (χ0v) is 8.94. The molecule has 0 aliphatic carbocycles. The summed E-state index contributed by atoms with van der Waals surface area (Å²) in [6.45, 7) is 0.536. The van der Waals surface area contributed by atoms with Crippen molar-refractivity contribution in [2.24, 2.45) is 0 Å². The van der Waals surface area contributed by atoms with Crippen molar-refractivity contribution in [3.05, 3.63) is 33.8 Å². The van der Waals surface area contributed by atoms with Crippen LogP contribution in [0.25, 0.3) is 0 Å². The highest BCUT2D eigenvalue weighted by Crippen LogP contribution is 2.19. The smallest absolute Gasteiger partial charge is 0.137 e. The van der Waals surface area contributed by atoms with Crippen molar-refractivity contribution in [2.45, 2.75) is 6.54 Å². The van der Waals surface area contributed by atoms with Crippen LogP contribution in [0.1, 0.15) is 5.56 Å². The molecule has 0 unspecified atom stereocenters. The van der Waals surface area contributed by atoms with Gasteiger partial charge in [-0.1, -0.05) is 0 Å². The Bertz CT molecular complexity index is 320. The van der Waals surface area contributed by atoms with Crippen LogP contribution in [0, 0.1) is 11.6 Å². The second-order valence-electron chi connectivity index (χ2n) is 2.76. The number of benzene rings is 1. The fourth-order valence-electron chi connectivity index (χ4n) is 1.00. The van der Waals surface area contributed by atoms with Crippen LogP contribution in [-0.4, -0.2) is 18.3 Å². The van der Waals surface area contributed by atoms with Gasteiger partial charge in [0.15, 0.2) is 0 Å². The van der Waals surface area contributed by atoms with Gasteiger partial charge in [-0.15, -0.1) is 0 Å². The van der Waals surface area contributed by atoms with E-state index in [1.54, 1.807) is 0 Å². The highest BCUT2D eigenvalue weighted by molar-refractivity contribution is 9.10. The molecule has 1 aromatic rings. The first-order valence-corrected chi connectivity index (χ1v) is 4.89. The van der Waals surface area contributed by atoms with Gasteiger partial charge in [-0.2, -0.15) is 0 Å². The van der Waals surface area contributed by atoms with Crippen molar-refractivity contribution in [2.75, 3.05) is 13.2 Å². The third kappa shape index (κ3) is 3.01. The standard InChI is InChI=1S/C9H10BrF2NO/c10-7-4-8(11)6(3-9(7)12)5-13-1-2-14/h3-4,13-14H,1-2,5H2. The van der Waals surface area contributed by atoms with Crippen LogP contribution in [0.2, 0.25) is 0 Å². The summed E-state index contributed by atoms with van der Waals surface area (Å²) < 4.78 is 26.2. The molecule has 1 rings (SSSR count). The molecule has 0 aromatic heterocycles. The second kappa shape index (κ2) is 5.38. The van der Waals surface area contributed by atoms with E-state index in [0.29, 0.717) is 6.54 Å². The Hall–Kier alpha value is -0.520. The number of hydrogen-bond acceptors (Lipinski definition) is 2. The van der Waals surface area contributed by atoms with E-state index in [4.69, 9.17) is 5.11 Å². The quantitative estimate of drug-likeness (QED) is 0.643. The van der Waals surface area contributed by atoms with Crippen molar-refractivity contribution < 1.29 is 13.9 Å². The zero-order chi connectivity index (χ0) is 10.6. The summed E-state index contributed by atoms with van der Waals surface area (Å²) in [5.74, 6) is -0.962. The highest BCUT2D eigenvalue weighted by atomic mass is 79.9. The maximum atomic E-state index is 13.2. The Morgan fingerprint density at radius 2 is 2.00 bits per heavy atom. The summed E-state index contributed by atoms with van der Waals surface area (Å²) in [6, 6.07) is 2.22. The summed E-state index contributed by atoms with van der Waals surface area (Å²) in [5.41, 5.74) is 0.249. The first kappa shape index (κ1) is 11.6.